The summed E-state index contributed by atoms with van der Waals surface area (Å²) < 4.78 is 0. The number of hydrogen-bond acceptors (Lipinski definition) is 1. The second kappa shape index (κ2) is 9.51. The molecule has 0 saturated heterocycles. The summed E-state index contributed by atoms with van der Waals surface area (Å²) in [7, 11) is 0. The lowest BCUT2D eigenvalue weighted by Gasteiger charge is -2.20. The number of benzene rings is 11. The molecule has 0 fully saturated rings. The molecule has 0 nitrogen and oxygen atoms in total. The predicted octanol–water partition coefficient (Wildman–Crippen LogP) is 15.6. The number of thiophene rings is 1. The first-order chi connectivity index (χ1) is 26.7. The zero-order valence-corrected chi connectivity index (χ0v) is 30.2. The van der Waals surface area contributed by atoms with Crippen molar-refractivity contribution in [2.45, 2.75) is 6.92 Å². The number of aryl methyl sites for hydroxylation is 1. The third-order valence-corrected chi connectivity index (χ3v) is 14.2. The molecule has 0 saturated carbocycles. The fourth-order valence-electron chi connectivity index (χ4n) is 10.6. The molecule has 246 valence electrons. The Kier molecular flexibility index (Phi) is 4.94. The molecule has 11 aromatic carbocycles. The van der Waals surface area contributed by atoms with E-state index in [1.165, 1.54) is 146 Å². The lowest BCUT2D eigenvalue weighted by atomic mass is 9.83. The zero-order valence-electron chi connectivity index (χ0n) is 29.3. The monoisotopic (exact) mass is 696 g/mol. The maximum absolute atomic E-state index is 2.43. The molecule has 0 aliphatic heterocycles. The van der Waals surface area contributed by atoms with Gasteiger partial charge in [0.2, 0.25) is 0 Å². The topological polar surface area (TPSA) is 0 Å². The van der Waals surface area contributed by atoms with Crippen molar-refractivity contribution in [2.24, 2.45) is 0 Å². The van der Waals surface area contributed by atoms with Crippen LogP contribution in [0.5, 0.6) is 0 Å². The fourth-order valence-corrected chi connectivity index (χ4v) is 11.8. The van der Waals surface area contributed by atoms with Crippen LogP contribution in [0.2, 0.25) is 0 Å². The van der Waals surface area contributed by atoms with Crippen LogP contribution in [-0.2, 0) is 0 Å². The molecule has 54 heavy (non-hydrogen) atoms. The lowest BCUT2D eigenvalue weighted by Crippen LogP contribution is -1.92. The molecule has 1 heteroatoms. The summed E-state index contributed by atoms with van der Waals surface area (Å²) in [5, 5.41) is 19.3. The minimum absolute atomic E-state index is 1.26. The van der Waals surface area contributed by atoms with Crippen LogP contribution >= 0.6 is 11.3 Å². The fraction of sp³-hybridized carbons (Fsp3) is 0.0189. The molecule has 1 aromatic heterocycles. The Morgan fingerprint density at radius 1 is 0.296 bits per heavy atom. The molecule has 2 aliphatic rings. The average molecular weight is 697 g/mol. The van der Waals surface area contributed by atoms with E-state index in [-0.39, 0.29) is 0 Å². The number of fused-ring (bicyclic) bond motifs is 10. The third-order valence-electron chi connectivity index (χ3n) is 13.0. The lowest BCUT2D eigenvalue weighted by molar-refractivity contribution is 1.48. The standard InChI is InChI=1S/C53H28S/c1-27-7-9-29(10-8-27)46-26-45-42-22-20-39-36-17-15-35-38-19-21-41-44-25-30(28-5-3-2-4-6-28)11-12-31(44)32-13-14-33(48(38)47(32)41)34-16-18-37(50(36)49(34)35)40-23-24-43(53(45)54-46)52(42)51(39)40/h2-26H,1H3. The summed E-state index contributed by atoms with van der Waals surface area (Å²) in [6, 6.07) is 58.1. The minimum atomic E-state index is 1.26. The molecule has 0 amide bonds. The van der Waals surface area contributed by atoms with E-state index >= 15 is 0 Å². The van der Waals surface area contributed by atoms with E-state index in [4.69, 9.17) is 0 Å². The van der Waals surface area contributed by atoms with Crippen molar-refractivity contribution in [3.8, 4) is 65.4 Å². The van der Waals surface area contributed by atoms with Crippen LogP contribution in [-0.4, -0.2) is 0 Å². The minimum Gasteiger partial charge on any atom is -0.135 e. The number of hydrogen-bond donors (Lipinski definition) is 0. The molecular weight excluding hydrogens is 669 g/mol. The van der Waals surface area contributed by atoms with Crippen molar-refractivity contribution in [1.29, 1.82) is 0 Å². The van der Waals surface area contributed by atoms with Gasteiger partial charge in [-0.1, -0.05) is 145 Å². The van der Waals surface area contributed by atoms with Gasteiger partial charge in [0, 0.05) is 20.9 Å². The Hall–Kier alpha value is -6.54. The van der Waals surface area contributed by atoms with E-state index in [9.17, 15) is 0 Å². The van der Waals surface area contributed by atoms with Gasteiger partial charge in [0.25, 0.3) is 0 Å². The van der Waals surface area contributed by atoms with Crippen LogP contribution < -0.4 is 0 Å². The zero-order chi connectivity index (χ0) is 35.0. The van der Waals surface area contributed by atoms with E-state index in [1.54, 1.807) is 0 Å². The molecule has 0 radical (unpaired) electrons. The van der Waals surface area contributed by atoms with Crippen molar-refractivity contribution < 1.29 is 0 Å². The smallest absolute Gasteiger partial charge is 0.0434 e. The Balaban J connectivity index is 1.02. The van der Waals surface area contributed by atoms with Gasteiger partial charge in [-0.05, 0) is 139 Å². The molecule has 0 N–H and O–H groups in total. The van der Waals surface area contributed by atoms with Crippen molar-refractivity contribution >= 4 is 86.7 Å². The highest BCUT2D eigenvalue weighted by atomic mass is 32.1. The van der Waals surface area contributed by atoms with E-state index < -0.39 is 0 Å². The Bertz CT molecular complexity index is 3510. The summed E-state index contributed by atoms with van der Waals surface area (Å²) in [6.45, 7) is 2.16. The first-order valence-electron chi connectivity index (χ1n) is 18.9. The molecule has 0 unspecified atom stereocenters. The molecule has 0 atom stereocenters. The van der Waals surface area contributed by atoms with Crippen molar-refractivity contribution in [3.63, 3.8) is 0 Å². The largest absolute Gasteiger partial charge is 0.135 e. The highest BCUT2D eigenvalue weighted by Crippen LogP contribution is 2.58. The number of rotatable bonds is 2. The summed E-state index contributed by atoms with van der Waals surface area (Å²) in [5.41, 5.74) is 14.6. The average Bonchev–Trinajstić information content (AvgIpc) is 3.89. The van der Waals surface area contributed by atoms with Crippen molar-refractivity contribution in [2.75, 3.05) is 0 Å². The van der Waals surface area contributed by atoms with Gasteiger partial charge in [-0.15, -0.1) is 11.3 Å². The van der Waals surface area contributed by atoms with E-state index in [1.807, 2.05) is 11.3 Å². The van der Waals surface area contributed by atoms with E-state index in [2.05, 4.69) is 159 Å². The summed E-state index contributed by atoms with van der Waals surface area (Å²) in [4.78, 5) is 2.74. The quantitative estimate of drug-likeness (QED) is 0.125. The van der Waals surface area contributed by atoms with Crippen molar-refractivity contribution in [1.82, 2.24) is 0 Å². The van der Waals surface area contributed by atoms with Crippen LogP contribution in [0.3, 0.4) is 0 Å². The summed E-state index contributed by atoms with van der Waals surface area (Å²) >= 11 is 1.94. The third kappa shape index (κ3) is 3.24. The molecule has 12 aromatic rings. The maximum Gasteiger partial charge on any atom is 0.0434 e. The molecule has 2 aliphatic carbocycles. The Morgan fingerprint density at radius 2 is 0.741 bits per heavy atom. The van der Waals surface area contributed by atoms with Gasteiger partial charge in [0.05, 0.1) is 0 Å². The van der Waals surface area contributed by atoms with Crippen LogP contribution in [0.25, 0.3) is 141 Å². The van der Waals surface area contributed by atoms with Gasteiger partial charge in [0.15, 0.2) is 0 Å². The second-order valence-corrected chi connectivity index (χ2v) is 16.6. The first kappa shape index (κ1) is 28.0. The van der Waals surface area contributed by atoms with Gasteiger partial charge < -0.3 is 0 Å². The van der Waals surface area contributed by atoms with Gasteiger partial charge in [0.1, 0.15) is 0 Å². The summed E-state index contributed by atoms with van der Waals surface area (Å²) in [5.74, 6) is 0. The highest BCUT2D eigenvalue weighted by Gasteiger charge is 2.29. The molecule has 0 bridgehead atoms. The molecule has 14 rings (SSSR count). The van der Waals surface area contributed by atoms with Gasteiger partial charge in [-0.25, -0.2) is 0 Å². The highest BCUT2D eigenvalue weighted by molar-refractivity contribution is 7.19. The van der Waals surface area contributed by atoms with Crippen LogP contribution in [0.4, 0.5) is 0 Å². The van der Waals surface area contributed by atoms with Crippen molar-refractivity contribution in [3.05, 3.63) is 157 Å². The summed E-state index contributed by atoms with van der Waals surface area (Å²) in [6.07, 6.45) is 0. The predicted molar refractivity (Wildman–Crippen MR) is 234 cm³/mol. The van der Waals surface area contributed by atoms with Crippen LogP contribution in [0.1, 0.15) is 5.56 Å². The first-order valence-corrected chi connectivity index (χ1v) is 19.7. The molecular formula is C53H28S. The second-order valence-electron chi connectivity index (χ2n) is 15.6. The van der Waals surface area contributed by atoms with Gasteiger partial charge in [-0.2, -0.15) is 0 Å². The van der Waals surface area contributed by atoms with Gasteiger partial charge >= 0.3 is 0 Å². The molecule has 0 spiro atoms. The SMILES string of the molecule is Cc1ccc(-c2cc3c(s2)-c2ccc4c5ccc6c7ccc8c9c(ccc(c%10ccc(c%11ccc-3c2c%114)c5c%106)c97)-c2cc(-c3ccccc3)ccc2-8)cc1. The Labute approximate surface area is 314 Å². The van der Waals surface area contributed by atoms with E-state index in [0.29, 0.717) is 0 Å². The van der Waals surface area contributed by atoms with Crippen LogP contribution in [0.15, 0.2) is 152 Å². The van der Waals surface area contributed by atoms with Crippen LogP contribution in [0, 0.1) is 6.92 Å². The maximum atomic E-state index is 2.43. The normalized spacial score (nSPS) is 12.9. The van der Waals surface area contributed by atoms with Gasteiger partial charge in [-0.3, -0.25) is 0 Å². The van der Waals surface area contributed by atoms with E-state index in [0.717, 1.165) is 0 Å². The Morgan fingerprint density at radius 3 is 1.33 bits per heavy atom. The molecule has 1 heterocycles.